The van der Waals surface area contributed by atoms with Gasteiger partial charge in [0.1, 0.15) is 9.79 Å². The van der Waals surface area contributed by atoms with Crippen LogP contribution >= 0.6 is 0 Å². The first-order valence-electron chi connectivity index (χ1n) is 26.0. The molecule has 2 N–H and O–H groups in total. The molecule has 0 amide bonds. The molecule has 0 unspecified atom stereocenters. The Kier molecular flexibility index (Phi) is 29.2. The van der Waals surface area contributed by atoms with Gasteiger partial charge in [-0.1, -0.05) is 279 Å². The van der Waals surface area contributed by atoms with E-state index < -0.39 is 20.2 Å². The maximum atomic E-state index is 12.0. The Morgan fingerprint density at radius 2 is 0.547 bits per heavy atom. The molecule has 0 radical (unpaired) electrons. The van der Waals surface area contributed by atoms with E-state index in [1.54, 1.807) is 12.1 Å². The van der Waals surface area contributed by atoms with Crippen LogP contribution in [0.25, 0.3) is 21.5 Å². The van der Waals surface area contributed by atoms with Crippen LogP contribution in [0.15, 0.2) is 82.6 Å². The molecule has 4 aromatic rings. The minimum absolute atomic E-state index is 0.0940. The van der Waals surface area contributed by atoms with Crippen LogP contribution in [0.1, 0.15) is 230 Å². The lowest BCUT2D eigenvalue weighted by molar-refractivity contribution is 0.480. The molecule has 360 valence electrons. The van der Waals surface area contributed by atoms with E-state index >= 15 is 0 Å². The first kappa shape index (κ1) is 55.5. The number of hydrogen-bond donors (Lipinski definition) is 2. The van der Waals surface area contributed by atoms with Crippen LogP contribution in [0.3, 0.4) is 0 Å². The molecule has 0 atom stereocenters. The van der Waals surface area contributed by atoms with Crippen molar-refractivity contribution in [2.75, 3.05) is 0 Å². The summed E-state index contributed by atoms with van der Waals surface area (Å²) in [6.07, 6.45) is 43.7. The van der Waals surface area contributed by atoms with Crippen molar-refractivity contribution in [3.63, 3.8) is 0 Å². The molecule has 0 aliphatic carbocycles. The number of unbranched alkanes of at least 4 members (excludes halogenated alkanes) is 30. The molecule has 0 spiro atoms. The maximum absolute atomic E-state index is 12.0. The van der Waals surface area contributed by atoms with Gasteiger partial charge in [0.25, 0.3) is 20.2 Å². The summed E-state index contributed by atoms with van der Waals surface area (Å²) in [7, 11) is -8.46. The van der Waals surface area contributed by atoms with Crippen LogP contribution in [-0.4, -0.2) is 25.9 Å². The van der Waals surface area contributed by atoms with Gasteiger partial charge in [0.15, 0.2) is 0 Å². The zero-order valence-electron chi connectivity index (χ0n) is 40.3. The Bertz CT molecular complexity index is 1890. The van der Waals surface area contributed by atoms with Gasteiger partial charge < -0.3 is 0 Å². The maximum Gasteiger partial charge on any atom is 0.295 e. The van der Waals surface area contributed by atoms with Crippen LogP contribution < -0.4 is 0 Å². The summed E-state index contributed by atoms with van der Waals surface area (Å²) >= 11 is 0. The molecule has 0 saturated carbocycles. The quantitative estimate of drug-likeness (QED) is 0.0347. The van der Waals surface area contributed by atoms with Crippen molar-refractivity contribution in [2.24, 2.45) is 0 Å². The number of aryl methyl sites for hydroxylation is 2. The topological polar surface area (TPSA) is 109 Å². The van der Waals surface area contributed by atoms with Gasteiger partial charge >= 0.3 is 0 Å². The second-order valence-electron chi connectivity index (χ2n) is 18.6. The molecule has 8 heteroatoms. The molecule has 0 fully saturated rings. The Morgan fingerprint density at radius 1 is 0.312 bits per heavy atom. The highest BCUT2D eigenvalue weighted by Crippen LogP contribution is 2.30. The largest absolute Gasteiger partial charge is 0.295 e. The molecule has 0 saturated heterocycles. The van der Waals surface area contributed by atoms with Crippen LogP contribution in [0.2, 0.25) is 0 Å². The summed E-state index contributed by atoms with van der Waals surface area (Å²) in [5, 5.41) is 2.92. The lowest BCUT2D eigenvalue weighted by Crippen LogP contribution is -2.04. The SMILES string of the molecule is CCCCCCCCCCCCCCCCCCc1ccc2ccccc2c1S(=O)(=O)O.CCCCCCCCCCCCCCCCCCc1ccc2ccccc2c1S(=O)(=O)O. The Balaban J connectivity index is 0.000000340. The van der Waals surface area contributed by atoms with Gasteiger partial charge in [0.05, 0.1) is 0 Å². The molecule has 6 nitrogen and oxygen atoms in total. The average Bonchev–Trinajstić information content (AvgIpc) is 3.27. The second-order valence-corrected chi connectivity index (χ2v) is 21.3. The van der Waals surface area contributed by atoms with E-state index in [2.05, 4.69) is 13.8 Å². The van der Waals surface area contributed by atoms with E-state index in [0.717, 1.165) is 47.6 Å². The lowest BCUT2D eigenvalue weighted by Gasteiger charge is -2.11. The molecule has 4 rings (SSSR count). The number of rotatable bonds is 36. The van der Waals surface area contributed by atoms with E-state index in [0.29, 0.717) is 23.6 Å². The van der Waals surface area contributed by atoms with Crippen LogP contribution in [0.5, 0.6) is 0 Å². The zero-order valence-corrected chi connectivity index (χ0v) is 41.9. The van der Waals surface area contributed by atoms with Crippen molar-refractivity contribution in [1.82, 2.24) is 0 Å². The van der Waals surface area contributed by atoms with Crippen molar-refractivity contribution in [2.45, 2.75) is 242 Å². The molecule has 0 bridgehead atoms. The summed E-state index contributed by atoms with van der Waals surface area (Å²) in [6, 6.07) is 22.3. The highest BCUT2D eigenvalue weighted by molar-refractivity contribution is 7.86. The van der Waals surface area contributed by atoms with Crippen molar-refractivity contribution in [1.29, 1.82) is 0 Å². The summed E-state index contributed by atoms with van der Waals surface area (Å²) in [6.45, 7) is 4.54. The fourth-order valence-electron chi connectivity index (χ4n) is 9.31. The van der Waals surface area contributed by atoms with E-state index in [-0.39, 0.29) is 9.79 Å². The number of benzene rings is 4. The van der Waals surface area contributed by atoms with Crippen LogP contribution in [-0.2, 0) is 33.1 Å². The van der Waals surface area contributed by atoms with Gasteiger partial charge in [0.2, 0.25) is 0 Å². The summed E-state index contributed by atoms with van der Waals surface area (Å²) in [5.74, 6) is 0. The standard InChI is InChI=1S/2C28H44O3S/c2*1-2-3-4-5-6-7-8-9-10-11-12-13-14-15-16-17-21-26-24-23-25-20-18-19-22-27(25)28(26)32(29,30)31/h2*18-20,22-24H,2-17,21H2,1H3,(H,29,30,31). The van der Waals surface area contributed by atoms with Crippen molar-refractivity contribution < 1.29 is 25.9 Å². The van der Waals surface area contributed by atoms with Gasteiger partial charge in [-0.2, -0.15) is 16.8 Å². The molecule has 0 aromatic heterocycles. The predicted octanol–water partition coefficient (Wildman–Crippen LogP) is 17.8. The molecular formula is C56H88O6S2. The molecule has 4 aromatic carbocycles. The summed E-state index contributed by atoms with van der Waals surface area (Å²) in [4.78, 5) is 0.188. The molecule has 64 heavy (non-hydrogen) atoms. The molecule has 0 aliphatic rings. The highest BCUT2D eigenvalue weighted by atomic mass is 32.2. The van der Waals surface area contributed by atoms with Gasteiger partial charge in [-0.3, -0.25) is 9.11 Å². The van der Waals surface area contributed by atoms with E-state index in [4.69, 9.17) is 0 Å². The molecule has 0 heterocycles. The van der Waals surface area contributed by atoms with Gasteiger partial charge in [-0.25, -0.2) is 0 Å². The molecule has 0 aliphatic heterocycles. The lowest BCUT2D eigenvalue weighted by atomic mass is 10.0. The van der Waals surface area contributed by atoms with Gasteiger partial charge in [0, 0.05) is 10.8 Å². The highest BCUT2D eigenvalue weighted by Gasteiger charge is 2.20. The van der Waals surface area contributed by atoms with Crippen LogP contribution in [0, 0.1) is 0 Å². The average molecular weight is 921 g/mol. The predicted molar refractivity (Wildman–Crippen MR) is 274 cm³/mol. The normalized spacial score (nSPS) is 11.9. The number of hydrogen-bond acceptors (Lipinski definition) is 4. The van der Waals surface area contributed by atoms with Crippen molar-refractivity contribution in [3.05, 3.63) is 83.9 Å². The Hall–Kier alpha value is -2.78. The van der Waals surface area contributed by atoms with Crippen molar-refractivity contribution in [3.8, 4) is 0 Å². The third kappa shape index (κ3) is 23.1. The fraction of sp³-hybridized carbons (Fsp3) is 0.643. The van der Waals surface area contributed by atoms with Gasteiger partial charge in [-0.15, -0.1) is 0 Å². The molecular weight excluding hydrogens is 833 g/mol. The van der Waals surface area contributed by atoms with Crippen molar-refractivity contribution >= 4 is 41.8 Å². The fourth-order valence-corrected chi connectivity index (χ4v) is 11.2. The smallest absolute Gasteiger partial charge is 0.282 e. The third-order valence-electron chi connectivity index (χ3n) is 13.0. The first-order valence-corrected chi connectivity index (χ1v) is 28.9. The summed E-state index contributed by atoms with van der Waals surface area (Å²) in [5.41, 5.74) is 1.47. The Labute approximate surface area is 391 Å². The number of fused-ring (bicyclic) bond motifs is 2. The zero-order chi connectivity index (χ0) is 46.1. The summed E-state index contributed by atoms with van der Waals surface area (Å²) < 4.78 is 67.5. The van der Waals surface area contributed by atoms with Crippen LogP contribution in [0.4, 0.5) is 0 Å². The Morgan fingerprint density at radius 3 is 0.797 bits per heavy atom. The minimum atomic E-state index is -4.23. The van der Waals surface area contributed by atoms with E-state index in [1.165, 1.54) is 180 Å². The van der Waals surface area contributed by atoms with E-state index in [9.17, 15) is 25.9 Å². The monoisotopic (exact) mass is 921 g/mol. The van der Waals surface area contributed by atoms with Gasteiger partial charge in [-0.05, 0) is 47.6 Å². The minimum Gasteiger partial charge on any atom is -0.282 e. The first-order chi connectivity index (χ1) is 31.1. The third-order valence-corrected chi connectivity index (χ3v) is 15.0. The van der Waals surface area contributed by atoms with E-state index in [1.807, 2.05) is 60.7 Å². The second kappa shape index (κ2) is 33.7.